The van der Waals surface area contributed by atoms with Gasteiger partial charge in [-0.15, -0.1) is 0 Å². The number of halogens is 1. The van der Waals surface area contributed by atoms with Crippen LogP contribution in [-0.2, 0) is 0 Å². The normalized spacial score (nSPS) is 10.0. The summed E-state index contributed by atoms with van der Waals surface area (Å²) in [6, 6.07) is 7.45. The molecule has 0 spiro atoms. The first kappa shape index (κ1) is 13.2. The molecular formula is C13H11ClN2O3. The minimum Gasteiger partial charge on any atom is -0.508 e. The Morgan fingerprint density at radius 3 is 2.79 bits per heavy atom. The summed E-state index contributed by atoms with van der Waals surface area (Å²) < 4.78 is 4.92. The molecule has 2 aromatic rings. The monoisotopic (exact) mass is 278 g/mol. The van der Waals surface area contributed by atoms with Crippen molar-refractivity contribution >= 4 is 23.2 Å². The van der Waals surface area contributed by atoms with E-state index in [0.29, 0.717) is 11.6 Å². The molecule has 0 aliphatic heterocycles. The number of pyridine rings is 1. The second-order valence-electron chi connectivity index (χ2n) is 3.71. The predicted octanol–water partition coefficient (Wildman–Crippen LogP) is 2.70. The number of amides is 1. The number of hydrogen-bond donors (Lipinski definition) is 2. The van der Waals surface area contributed by atoms with Crippen molar-refractivity contribution in [3.8, 4) is 11.6 Å². The van der Waals surface area contributed by atoms with Crippen molar-refractivity contribution in [2.45, 2.75) is 0 Å². The number of methoxy groups -OCH3 is 1. The Morgan fingerprint density at radius 1 is 1.37 bits per heavy atom. The molecule has 0 unspecified atom stereocenters. The topological polar surface area (TPSA) is 71.5 Å². The highest BCUT2D eigenvalue weighted by molar-refractivity contribution is 6.34. The van der Waals surface area contributed by atoms with Gasteiger partial charge >= 0.3 is 0 Å². The van der Waals surface area contributed by atoms with Gasteiger partial charge in [-0.25, -0.2) is 4.98 Å². The summed E-state index contributed by atoms with van der Waals surface area (Å²) in [6.07, 6.45) is 1.47. The Bertz CT molecular complexity index is 599. The van der Waals surface area contributed by atoms with Crippen LogP contribution in [0.25, 0.3) is 0 Å². The molecule has 0 fully saturated rings. The van der Waals surface area contributed by atoms with Crippen LogP contribution in [0.3, 0.4) is 0 Å². The van der Waals surface area contributed by atoms with Crippen LogP contribution in [-0.4, -0.2) is 23.1 Å². The number of aromatic hydroxyl groups is 1. The van der Waals surface area contributed by atoms with Gasteiger partial charge in [0.25, 0.3) is 5.91 Å². The largest absolute Gasteiger partial charge is 0.508 e. The molecule has 1 aromatic heterocycles. The molecule has 0 aliphatic carbocycles. The maximum absolute atomic E-state index is 12.0. The Balaban J connectivity index is 2.18. The van der Waals surface area contributed by atoms with Crippen LogP contribution in [0.5, 0.6) is 11.6 Å². The maximum atomic E-state index is 12.0. The fourth-order valence-electron chi connectivity index (χ4n) is 1.46. The predicted molar refractivity (Wildman–Crippen MR) is 71.9 cm³/mol. The lowest BCUT2D eigenvalue weighted by molar-refractivity contribution is 0.102. The van der Waals surface area contributed by atoms with Crippen molar-refractivity contribution in [2.24, 2.45) is 0 Å². The SMILES string of the molecule is COc1ccc(NC(=O)c2cc(O)ccc2Cl)cn1. The molecule has 6 heteroatoms. The number of phenolic OH excluding ortho intramolecular Hbond substituents is 1. The number of nitrogens with zero attached hydrogens (tertiary/aromatic N) is 1. The lowest BCUT2D eigenvalue weighted by Gasteiger charge is -2.07. The molecule has 98 valence electrons. The second-order valence-corrected chi connectivity index (χ2v) is 4.11. The first-order chi connectivity index (χ1) is 9.10. The van der Waals surface area contributed by atoms with Crippen LogP contribution >= 0.6 is 11.6 Å². The van der Waals surface area contributed by atoms with Crippen LogP contribution in [0.2, 0.25) is 5.02 Å². The maximum Gasteiger partial charge on any atom is 0.257 e. The molecule has 2 rings (SSSR count). The summed E-state index contributed by atoms with van der Waals surface area (Å²) in [7, 11) is 1.51. The molecule has 0 atom stereocenters. The van der Waals surface area contributed by atoms with E-state index >= 15 is 0 Å². The summed E-state index contributed by atoms with van der Waals surface area (Å²) in [5.74, 6) is 0.00339. The number of hydrogen-bond acceptors (Lipinski definition) is 4. The Kier molecular flexibility index (Phi) is 3.87. The standard InChI is InChI=1S/C13H11ClN2O3/c1-19-12-5-2-8(7-15-12)16-13(18)10-6-9(17)3-4-11(10)14/h2-7,17H,1H3,(H,16,18). The molecule has 1 heterocycles. The van der Waals surface area contributed by atoms with Gasteiger partial charge in [0, 0.05) is 6.07 Å². The van der Waals surface area contributed by atoms with E-state index in [2.05, 4.69) is 10.3 Å². The van der Waals surface area contributed by atoms with Gasteiger partial charge in [0.1, 0.15) is 5.75 Å². The van der Waals surface area contributed by atoms with Crippen molar-refractivity contribution in [1.82, 2.24) is 4.98 Å². The van der Waals surface area contributed by atoms with Gasteiger partial charge in [-0.3, -0.25) is 4.79 Å². The minimum atomic E-state index is -0.423. The molecule has 19 heavy (non-hydrogen) atoms. The van der Waals surface area contributed by atoms with Crippen LogP contribution in [0.4, 0.5) is 5.69 Å². The summed E-state index contributed by atoms with van der Waals surface area (Å²) in [5, 5.41) is 12.2. The van der Waals surface area contributed by atoms with E-state index in [9.17, 15) is 9.90 Å². The third-order valence-corrected chi connectivity index (χ3v) is 2.73. The van der Waals surface area contributed by atoms with Crippen molar-refractivity contribution in [3.63, 3.8) is 0 Å². The summed E-state index contributed by atoms with van der Waals surface area (Å²) in [6.45, 7) is 0. The Labute approximate surface area is 114 Å². The number of anilines is 1. The van der Waals surface area contributed by atoms with Gasteiger partial charge in [-0.05, 0) is 24.3 Å². The second kappa shape index (κ2) is 5.58. The van der Waals surface area contributed by atoms with Gasteiger partial charge in [-0.2, -0.15) is 0 Å². The number of phenols is 1. The fourth-order valence-corrected chi connectivity index (χ4v) is 1.66. The molecule has 1 aromatic carbocycles. The van der Waals surface area contributed by atoms with Crippen LogP contribution in [0, 0.1) is 0 Å². The molecule has 1 amide bonds. The number of carbonyl (C=O) groups is 1. The number of rotatable bonds is 3. The van der Waals surface area contributed by atoms with E-state index < -0.39 is 5.91 Å². The van der Waals surface area contributed by atoms with E-state index in [0.717, 1.165) is 0 Å². The zero-order valence-corrected chi connectivity index (χ0v) is 10.8. The van der Waals surface area contributed by atoms with Gasteiger partial charge in [0.2, 0.25) is 5.88 Å². The van der Waals surface area contributed by atoms with E-state index in [1.807, 2.05) is 0 Å². The van der Waals surface area contributed by atoms with Crippen LogP contribution in [0.1, 0.15) is 10.4 Å². The molecule has 0 aliphatic rings. The zero-order valence-electron chi connectivity index (χ0n) is 10.1. The third kappa shape index (κ3) is 3.14. The molecule has 0 saturated heterocycles. The highest BCUT2D eigenvalue weighted by atomic mass is 35.5. The van der Waals surface area contributed by atoms with Crippen molar-refractivity contribution < 1.29 is 14.6 Å². The number of carbonyl (C=O) groups excluding carboxylic acids is 1. The number of benzene rings is 1. The minimum absolute atomic E-state index is 0.0256. The van der Waals surface area contributed by atoms with Crippen molar-refractivity contribution in [3.05, 3.63) is 47.1 Å². The zero-order chi connectivity index (χ0) is 13.8. The third-order valence-electron chi connectivity index (χ3n) is 2.40. The first-order valence-electron chi connectivity index (χ1n) is 5.40. The molecule has 0 radical (unpaired) electrons. The number of nitrogens with one attached hydrogen (secondary N) is 1. The van der Waals surface area contributed by atoms with Gasteiger partial charge in [0.15, 0.2) is 0 Å². The number of aromatic nitrogens is 1. The Morgan fingerprint density at radius 2 is 2.16 bits per heavy atom. The first-order valence-corrected chi connectivity index (χ1v) is 5.78. The summed E-state index contributed by atoms with van der Waals surface area (Å²) in [4.78, 5) is 15.9. The highest BCUT2D eigenvalue weighted by Crippen LogP contribution is 2.22. The summed E-state index contributed by atoms with van der Waals surface area (Å²) in [5.41, 5.74) is 0.697. The van der Waals surface area contributed by atoms with Crippen molar-refractivity contribution in [2.75, 3.05) is 12.4 Å². The highest BCUT2D eigenvalue weighted by Gasteiger charge is 2.11. The number of ether oxygens (including phenoxy) is 1. The average molecular weight is 279 g/mol. The lowest BCUT2D eigenvalue weighted by Crippen LogP contribution is -2.12. The van der Waals surface area contributed by atoms with E-state index in [1.165, 1.54) is 31.5 Å². The van der Waals surface area contributed by atoms with Crippen molar-refractivity contribution in [1.29, 1.82) is 0 Å². The van der Waals surface area contributed by atoms with Gasteiger partial charge in [0.05, 0.1) is 29.6 Å². The van der Waals surface area contributed by atoms with E-state index in [4.69, 9.17) is 16.3 Å². The smallest absolute Gasteiger partial charge is 0.257 e. The van der Waals surface area contributed by atoms with Crippen LogP contribution in [0.15, 0.2) is 36.5 Å². The molecule has 5 nitrogen and oxygen atoms in total. The van der Waals surface area contributed by atoms with Gasteiger partial charge in [-0.1, -0.05) is 11.6 Å². The lowest BCUT2D eigenvalue weighted by atomic mass is 10.2. The van der Waals surface area contributed by atoms with Crippen LogP contribution < -0.4 is 10.1 Å². The van der Waals surface area contributed by atoms with E-state index in [1.54, 1.807) is 12.1 Å². The summed E-state index contributed by atoms with van der Waals surface area (Å²) >= 11 is 5.90. The molecule has 0 saturated carbocycles. The van der Waals surface area contributed by atoms with Gasteiger partial charge < -0.3 is 15.2 Å². The Hall–Kier alpha value is -2.27. The fraction of sp³-hybridized carbons (Fsp3) is 0.0769. The quantitative estimate of drug-likeness (QED) is 0.905. The molecular weight excluding hydrogens is 268 g/mol. The average Bonchev–Trinajstić information content (AvgIpc) is 2.42. The van der Waals surface area contributed by atoms with E-state index in [-0.39, 0.29) is 16.3 Å². The molecule has 0 bridgehead atoms. The molecule has 2 N–H and O–H groups in total.